The van der Waals surface area contributed by atoms with Crippen molar-refractivity contribution in [2.24, 2.45) is 0 Å². The summed E-state index contributed by atoms with van der Waals surface area (Å²) >= 11 is 0. The van der Waals surface area contributed by atoms with Gasteiger partial charge in [0, 0.05) is 18.9 Å². The number of nitrogens with one attached hydrogen (secondary N) is 3. The molecule has 4 rings (SSSR count). The van der Waals surface area contributed by atoms with Crippen LogP contribution in [0.3, 0.4) is 0 Å². The van der Waals surface area contributed by atoms with E-state index >= 15 is 0 Å². The summed E-state index contributed by atoms with van der Waals surface area (Å²) in [4.78, 5) is 31.6. The third-order valence-corrected chi connectivity index (χ3v) is 6.40. The van der Waals surface area contributed by atoms with E-state index in [2.05, 4.69) is 26.7 Å². The SMILES string of the molecule is CNC(=O)c1ccnc(S(=O)(=O)NC(=O)Nc2c3c(cc4c2CCC4)CCC3)n1. The lowest BCUT2D eigenvalue weighted by molar-refractivity contribution is 0.0957. The smallest absolute Gasteiger partial charge is 0.333 e. The molecule has 9 nitrogen and oxygen atoms in total. The lowest BCUT2D eigenvalue weighted by Crippen LogP contribution is -2.36. The van der Waals surface area contributed by atoms with Gasteiger partial charge in [-0.05, 0) is 66.8 Å². The second kappa shape index (κ2) is 7.43. The van der Waals surface area contributed by atoms with Crippen LogP contribution in [0.15, 0.2) is 23.5 Å². The van der Waals surface area contributed by atoms with Gasteiger partial charge in [-0.3, -0.25) is 4.79 Å². The Morgan fingerprint density at radius 3 is 2.31 bits per heavy atom. The van der Waals surface area contributed by atoms with Gasteiger partial charge in [0.2, 0.25) is 0 Å². The Morgan fingerprint density at radius 1 is 1.03 bits per heavy atom. The molecule has 152 valence electrons. The van der Waals surface area contributed by atoms with Crippen LogP contribution < -0.4 is 15.4 Å². The molecule has 3 N–H and O–H groups in total. The first-order valence-corrected chi connectivity index (χ1v) is 10.9. The van der Waals surface area contributed by atoms with E-state index in [1.54, 1.807) is 0 Å². The topological polar surface area (TPSA) is 130 Å². The maximum atomic E-state index is 12.5. The van der Waals surface area contributed by atoms with Crippen LogP contribution in [0.5, 0.6) is 0 Å². The largest absolute Gasteiger partial charge is 0.354 e. The maximum absolute atomic E-state index is 12.5. The first-order chi connectivity index (χ1) is 13.9. The summed E-state index contributed by atoms with van der Waals surface area (Å²) in [5, 5.41) is 4.47. The molecular formula is C19H21N5O4S. The Kier molecular flexibility index (Phi) is 4.95. The van der Waals surface area contributed by atoms with Crippen LogP contribution in [0, 0.1) is 0 Å². The molecule has 0 radical (unpaired) electrons. The van der Waals surface area contributed by atoms with Crippen molar-refractivity contribution < 1.29 is 18.0 Å². The zero-order valence-electron chi connectivity index (χ0n) is 15.9. The predicted octanol–water partition coefficient (Wildman–Crippen LogP) is 1.32. The van der Waals surface area contributed by atoms with Crippen LogP contribution in [0.2, 0.25) is 0 Å². The average molecular weight is 415 g/mol. The van der Waals surface area contributed by atoms with Crippen LogP contribution in [0.1, 0.15) is 45.6 Å². The van der Waals surface area contributed by atoms with E-state index < -0.39 is 27.1 Å². The van der Waals surface area contributed by atoms with Gasteiger partial charge in [0.05, 0.1) is 0 Å². The Hall–Kier alpha value is -3.01. The molecule has 2 aliphatic carbocycles. The molecule has 1 aromatic heterocycles. The summed E-state index contributed by atoms with van der Waals surface area (Å²) in [7, 11) is -2.93. The van der Waals surface area contributed by atoms with Crippen LogP contribution in [-0.4, -0.2) is 37.4 Å². The lowest BCUT2D eigenvalue weighted by atomic mass is 9.99. The number of aryl methyl sites for hydroxylation is 2. The predicted molar refractivity (Wildman–Crippen MR) is 105 cm³/mol. The minimum absolute atomic E-state index is 0.109. The molecule has 0 aliphatic heterocycles. The molecule has 0 fully saturated rings. The summed E-state index contributed by atoms with van der Waals surface area (Å²) in [6, 6.07) is 2.64. The standard InChI is InChI=1S/C19H21N5O4S/c1-20-17(25)15-8-9-21-19(22-15)29(27,28)24-18(26)23-16-13-6-2-4-11(13)10-12-5-3-7-14(12)16/h8-10H,2-7H2,1H3,(H,20,25)(H2,23,24,26). The molecule has 0 saturated heterocycles. The number of carbonyl (C=O) groups excluding carboxylic acids is 2. The molecule has 10 heteroatoms. The Bertz CT molecular complexity index is 1080. The number of carbonyl (C=O) groups is 2. The van der Waals surface area contributed by atoms with Gasteiger partial charge in [-0.15, -0.1) is 0 Å². The van der Waals surface area contributed by atoms with E-state index in [0.29, 0.717) is 0 Å². The minimum Gasteiger partial charge on any atom is -0.354 e. The van der Waals surface area contributed by atoms with E-state index in [9.17, 15) is 18.0 Å². The van der Waals surface area contributed by atoms with Crippen molar-refractivity contribution >= 4 is 27.6 Å². The summed E-state index contributed by atoms with van der Waals surface area (Å²) in [6.07, 6.45) is 6.86. The quantitative estimate of drug-likeness (QED) is 0.646. The number of rotatable bonds is 4. The molecular weight excluding hydrogens is 394 g/mol. The van der Waals surface area contributed by atoms with Crippen molar-refractivity contribution in [2.45, 2.75) is 43.7 Å². The zero-order valence-corrected chi connectivity index (χ0v) is 16.7. The second-order valence-electron chi connectivity index (χ2n) is 7.10. The molecule has 2 aromatic rings. The molecule has 29 heavy (non-hydrogen) atoms. The van der Waals surface area contributed by atoms with E-state index in [4.69, 9.17) is 0 Å². The van der Waals surface area contributed by atoms with Gasteiger partial charge in [-0.25, -0.2) is 19.5 Å². The molecule has 3 amide bonds. The van der Waals surface area contributed by atoms with Crippen LogP contribution in [0.25, 0.3) is 0 Å². The van der Waals surface area contributed by atoms with Gasteiger partial charge >= 0.3 is 16.1 Å². The normalized spacial score (nSPS) is 14.8. The minimum atomic E-state index is -4.34. The number of anilines is 1. The lowest BCUT2D eigenvalue weighted by Gasteiger charge is -2.16. The molecule has 0 saturated carbocycles. The highest BCUT2D eigenvalue weighted by Crippen LogP contribution is 2.38. The fraction of sp³-hybridized carbons (Fsp3) is 0.368. The van der Waals surface area contributed by atoms with E-state index in [-0.39, 0.29) is 5.69 Å². The Balaban J connectivity index is 1.58. The van der Waals surface area contributed by atoms with Crippen LogP contribution >= 0.6 is 0 Å². The van der Waals surface area contributed by atoms with Crippen molar-refractivity contribution in [1.29, 1.82) is 0 Å². The summed E-state index contributed by atoms with van der Waals surface area (Å²) < 4.78 is 27.0. The highest BCUT2D eigenvalue weighted by molar-refractivity contribution is 7.89. The monoisotopic (exact) mass is 415 g/mol. The van der Waals surface area contributed by atoms with Gasteiger partial charge in [-0.1, -0.05) is 6.07 Å². The third-order valence-electron chi connectivity index (χ3n) is 5.27. The van der Waals surface area contributed by atoms with Crippen molar-refractivity contribution in [3.63, 3.8) is 0 Å². The molecule has 2 aliphatic rings. The van der Waals surface area contributed by atoms with Gasteiger partial charge in [0.1, 0.15) is 5.69 Å². The number of hydrogen-bond acceptors (Lipinski definition) is 6. The summed E-state index contributed by atoms with van der Waals surface area (Å²) in [5.41, 5.74) is 5.27. The molecule has 1 heterocycles. The van der Waals surface area contributed by atoms with Crippen LogP contribution in [0.4, 0.5) is 10.5 Å². The van der Waals surface area contributed by atoms with Gasteiger partial charge in [0.15, 0.2) is 0 Å². The number of urea groups is 1. The molecule has 1 aromatic carbocycles. The Labute approximate surface area is 168 Å². The number of amides is 3. The zero-order chi connectivity index (χ0) is 20.6. The van der Waals surface area contributed by atoms with Gasteiger partial charge in [-0.2, -0.15) is 8.42 Å². The fourth-order valence-corrected chi connectivity index (χ4v) is 4.80. The third kappa shape index (κ3) is 3.67. The first kappa shape index (κ1) is 19.3. The van der Waals surface area contributed by atoms with Crippen molar-refractivity contribution in [3.8, 4) is 0 Å². The number of nitrogens with zero attached hydrogens (tertiary/aromatic N) is 2. The van der Waals surface area contributed by atoms with Crippen LogP contribution in [-0.2, 0) is 35.7 Å². The average Bonchev–Trinajstić information content (AvgIpc) is 3.36. The summed E-state index contributed by atoms with van der Waals surface area (Å²) in [5.74, 6) is -0.552. The van der Waals surface area contributed by atoms with Crippen molar-refractivity contribution in [1.82, 2.24) is 20.0 Å². The number of fused-ring (bicyclic) bond motifs is 2. The van der Waals surface area contributed by atoms with Gasteiger partial charge < -0.3 is 10.6 Å². The number of sulfonamides is 1. The van der Waals surface area contributed by atoms with Crippen molar-refractivity contribution in [3.05, 3.63) is 46.3 Å². The van der Waals surface area contributed by atoms with E-state index in [0.717, 1.165) is 61.5 Å². The maximum Gasteiger partial charge on any atom is 0.333 e. The highest BCUT2D eigenvalue weighted by atomic mass is 32.2. The molecule has 0 unspecified atom stereocenters. The summed E-state index contributed by atoms with van der Waals surface area (Å²) in [6.45, 7) is 0. The van der Waals surface area contributed by atoms with E-state index in [1.807, 2.05) is 4.72 Å². The second-order valence-corrected chi connectivity index (χ2v) is 8.67. The van der Waals surface area contributed by atoms with Crippen molar-refractivity contribution in [2.75, 3.05) is 12.4 Å². The molecule has 0 spiro atoms. The number of hydrogen-bond donors (Lipinski definition) is 3. The molecule has 0 atom stereocenters. The highest BCUT2D eigenvalue weighted by Gasteiger charge is 2.27. The fourth-order valence-electron chi connectivity index (χ4n) is 4.00. The van der Waals surface area contributed by atoms with Gasteiger partial charge in [0.25, 0.3) is 11.1 Å². The molecule has 0 bridgehead atoms. The van der Waals surface area contributed by atoms with E-state index in [1.165, 1.54) is 24.2 Å². The number of aromatic nitrogens is 2. The number of benzene rings is 1. The Morgan fingerprint density at radius 2 is 1.69 bits per heavy atom. The first-order valence-electron chi connectivity index (χ1n) is 9.44.